The Morgan fingerprint density at radius 3 is 2.48 bits per heavy atom. The van der Waals surface area contributed by atoms with Crippen LogP contribution >= 0.6 is 0 Å². The lowest BCUT2D eigenvalue weighted by atomic mass is 10.1. The summed E-state index contributed by atoms with van der Waals surface area (Å²) in [6.07, 6.45) is 2.95. The predicted molar refractivity (Wildman–Crippen MR) is 108 cm³/mol. The molecule has 2 atom stereocenters. The van der Waals surface area contributed by atoms with Crippen LogP contribution in [0.4, 0.5) is 23.1 Å². The predicted octanol–water partition coefficient (Wildman–Crippen LogP) is 2.37. The van der Waals surface area contributed by atoms with Crippen LogP contribution < -0.4 is 20.8 Å². The van der Waals surface area contributed by atoms with E-state index in [-0.39, 0.29) is 36.0 Å². The molecule has 1 aliphatic carbocycles. The highest BCUT2D eigenvalue weighted by atomic mass is 19.2. The fourth-order valence-electron chi connectivity index (χ4n) is 3.97. The minimum absolute atomic E-state index is 0.0211. The fraction of sp³-hybridized carbons (Fsp3) is 0.474. The van der Waals surface area contributed by atoms with Crippen molar-refractivity contribution < 1.29 is 32.1 Å². The molecule has 0 bridgehead atoms. The zero-order chi connectivity index (χ0) is 22.9. The normalized spacial score (nSPS) is 20.4. The summed E-state index contributed by atoms with van der Waals surface area (Å²) in [5, 5.41) is 9.32. The molecule has 31 heavy (non-hydrogen) atoms. The van der Waals surface area contributed by atoms with Gasteiger partial charge in [0.05, 0.1) is 24.7 Å². The number of aromatic carboxylic acids is 1. The second-order valence-corrected chi connectivity index (χ2v) is 7.52. The first-order valence-electron chi connectivity index (χ1n) is 9.56. The number of fused-ring (bicyclic) bond motifs is 1. The van der Waals surface area contributed by atoms with Gasteiger partial charge in [0.2, 0.25) is 5.43 Å². The molecule has 1 radical (unpaired) electrons. The number of nitrogens with zero attached hydrogens (tertiary/aromatic N) is 2. The summed E-state index contributed by atoms with van der Waals surface area (Å²) in [4.78, 5) is 25.8. The van der Waals surface area contributed by atoms with Gasteiger partial charge in [0.1, 0.15) is 11.3 Å². The van der Waals surface area contributed by atoms with Crippen molar-refractivity contribution in [3.63, 3.8) is 0 Å². The summed E-state index contributed by atoms with van der Waals surface area (Å²) < 4.78 is 54.5. The Hall–Kier alpha value is -2.76. The fourth-order valence-corrected chi connectivity index (χ4v) is 3.97. The summed E-state index contributed by atoms with van der Waals surface area (Å²) in [6.45, 7) is -0.116. The Balaban J connectivity index is 0.000000858. The van der Waals surface area contributed by atoms with E-state index in [0.29, 0.717) is 5.52 Å². The Bertz CT molecular complexity index is 1050. The maximum Gasteiger partial charge on any atom is 0.577 e. The maximum atomic E-state index is 15.1. The van der Waals surface area contributed by atoms with Crippen molar-refractivity contribution in [2.24, 2.45) is 11.7 Å². The molecule has 4 rings (SSSR count). The smallest absolute Gasteiger partial charge is 0.492 e. The molecule has 0 spiro atoms. The first kappa shape index (κ1) is 22.9. The Morgan fingerprint density at radius 2 is 2.00 bits per heavy atom. The van der Waals surface area contributed by atoms with Gasteiger partial charge in [-0.2, -0.15) is 0 Å². The van der Waals surface area contributed by atoms with Gasteiger partial charge in [0.25, 0.3) is 0 Å². The standard InChI is InChI=1S/C19H21F2N3O4.BF2/c1-28-18-15-11(17(25)12(19(26)27)7-24(15)10-2-3-10)4-13(21)16(18)23-6-9(5-20)14(22)8-23;2-1-3/h4,7,9-10,14H,2-3,5-6,8,22H2,1H3,(H,26,27);/t9-,14+;/m0./s1. The number of rotatable bonds is 5. The number of carboxylic acid groups (broad SMARTS) is 1. The van der Waals surface area contributed by atoms with Gasteiger partial charge >= 0.3 is 13.8 Å². The number of hydrogen-bond donors (Lipinski definition) is 2. The minimum atomic E-state index is -1.36. The monoisotopic (exact) mass is 442 g/mol. The van der Waals surface area contributed by atoms with Gasteiger partial charge in [-0.3, -0.25) is 17.8 Å². The number of hydrogen-bond acceptors (Lipinski definition) is 5. The molecular formula is C19H21BF4N3O4. The van der Waals surface area contributed by atoms with Crippen LogP contribution in [0, 0.1) is 11.7 Å². The molecular weight excluding hydrogens is 421 g/mol. The molecule has 1 saturated carbocycles. The zero-order valence-electron chi connectivity index (χ0n) is 16.7. The van der Waals surface area contributed by atoms with Crippen LogP contribution in [0.3, 0.4) is 0 Å². The Labute approximate surface area is 175 Å². The number of halogens is 4. The third-order valence-electron chi connectivity index (χ3n) is 5.58. The van der Waals surface area contributed by atoms with Gasteiger partial charge in [-0.15, -0.1) is 0 Å². The molecule has 0 unspecified atom stereocenters. The largest absolute Gasteiger partial charge is 0.577 e. The van der Waals surface area contributed by atoms with E-state index in [0.717, 1.165) is 18.9 Å². The van der Waals surface area contributed by atoms with E-state index in [4.69, 9.17) is 10.5 Å². The van der Waals surface area contributed by atoms with E-state index in [1.165, 1.54) is 13.3 Å². The molecule has 7 nitrogen and oxygen atoms in total. The van der Waals surface area contributed by atoms with Gasteiger partial charge in [-0.1, -0.05) is 0 Å². The maximum absolute atomic E-state index is 15.1. The number of methoxy groups -OCH3 is 1. The van der Waals surface area contributed by atoms with E-state index >= 15 is 4.39 Å². The number of aromatic nitrogens is 1. The van der Waals surface area contributed by atoms with Crippen molar-refractivity contribution in [3.8, 4) is 5.75 Å². The van der Waals surface area contributed by atoms with Gasteiger partial charge in [-0.25, -0.2) is 9.18 Å². The average molecular weight is 442 g/mol. The molecule has 2 fully saturated rings. The van der Waals surface area contributed by atoms with Gasteiger partial charge in [-0.05, 0) is 18.9 Å². The number of nitrogens with two attached hydrogens (primary N) is 1. The van der Waals surface area contributed by atoms with Crippen LogP contribution in [-0.4, -0.2) is 56.4 Å². The molecule has 1 aliphatic heterocycles. The number of alkyl halides is 1. The molecule has 2 heterocycles. The van der Waals surface area contributed by atoms with Gasteiger partial charge < -0.3 is 25.0 Å². The number of carboxylic acids is 1. The third kappa shape index (κ3) is 4.21. The molecule has 167 valence electrons. The topological polar surface area (TPSA) is 97.8 Å². The van der Waals surface area contributed by atoms with E-state index in [9.17, 15) is 27.7 Å². The van der Waals surface area contributed by atoms with Crippen molar-refractivity contribution in [2.45, 2.75) is 24.9 Å². The number of ether oxygens (including phenoxy) is 1. The van der Waals surface area contributed by atoms with Crippen LogP contribution in [-0.2, 0) is 0 Å². The van der Waals surface area contributed by atoms with E-state index in [1.54, 1.807) is 9.47 Å². The van der Waals surface area contributed by atoms with E-state index in [1.807, 2.05) is 0 Å². The molecule has 1 aromatic carbocycles. The lowest BCUT2D eigenvalue weighted by Crippen LogP contribution is -2.30. The van der Waals surface area contributed by atoms with Crippen LogP contribution in [0.1, 0.15) is 29.2 Å². The average Bonchev–Trinajstić information content (AvgIpc) is 3.50. The molecule has 1 aromatic heterocycles. The Kier molecular flexibility index (Phi) is 6.78. The molecule has 12 heteroatoms. The second kappa shape index (κ2) is 9.17. The van der Waals surface area contributed by atoms with Crippen molar-refractivity contribution in [1.82, 2.24) is 4.57 Å². The zero-order valence-corrected chi connectivity index (χ0v) is 16.7. The molecule has 0 amide bonds. The number of pyridine rings is 1. The highest BCUT2D eigenvalue weighted by molar-refractivity contribution is 6.15. The first-order chi connectivity index (χ1) is 14.8. The summed E-state index contributed by atoms with van der Waals surface area (Å²) in [5.41, 5.74) is 5.28. The summed E-state index contributed by atoms with van der Waals surface area (Å²) in [6, 6.07) is 0.632. The highest BCUT2D eigenvalue weighted by Gasteiger charge is 2.36. The number of anilines is 1. The number of benzene rings is 1. The molecule has 3 N–H and O–H groups in total. The first-order valence-corrected chi connectivity index (χ1v) is 9.56. The Morgan fingerprint density at radius 1 is 1.35 bits per heavy atom. The van der Waals surface area contributed by atoms with Crippen molar-refractivity contribution >= 4 is 30.4 Å². The second-order valence-electron chi connectivity index (χ2n) is 7.52. The SMILES string of the molecule is COc1c(N2C[C@H](CF)[C@H](N)C2)c(F)cc2c(=O)c(C(=O)O)cn(C3CC3)c12.F[B]F. The van der Waals surface area contributed by atoms with Crippen LogP contribution in [0.2, 0.25) is 0 Å². The lowest BCUT2D eigenvalue weighted by molar-refractivity contribution is 0.0694. The molecule has 2 aliphatic rings. The van der Waals surface area contributed by atoms with Crippen LogP contribution in [0.15, 0.2) is 17.1 Å². The van der Waals surface area contributed by atoms with Crippen LogP contribution in [0.5, 0.6) is 5.75 Å². The minimum Gasteiger partial charge on any atom is -0.492 e. The highest BCUT2D eigenvalue weighted by Crippen LogP contribution is 2.44. The molecule has 2 aromatic rings. The van der Waals surface area contributed by atoms with Gasteiger partial charge in [0.15, 0.2) is 11.6 Å². The summed E-state index contributed by atoms with van der Waals surface area (Å²) in [5.74, 6) is -2.36. The summed E-state index contributed by atoms with van der Waals surface area (Å²) in [7, 11) is 0.368. The van der Waals surface area contributed by atoms with Gasteiger partial charge in [0, 0.05) is 37.3 Å². The van der Waals surface area contributed by atoms with E-state index in [2.05, 4.69) is 0 Å². The quantitative estimate of drug-likeness (QED) is 0.545. The number of carbonyl (C=O) groups is 1. The summed E-state index contributed by atoms with van der Waals surface area (Å²) >= 11 is 0. The van der Waals surface area contributed by atoms with Crippen LogP contribution in [0.25, 0.3) is 10.9 Å². The third-order valence-corrected chi connectivity index (χ3v) is 5.58. The lowest BCUT2D eigenvalue weighted by Gasteiger charge is -2.24. The van der Waals surface area contributed by atoms with Crippen molar-refractivity contribution in [1.29, 1.82) is 0 Å². The van der Waals surface area contributed by atoms with Crippen molar-refractivity contribution in [2.75, 3.05) is 31.8 Å². The van der Waals surface area contributed by atoms with Crippen molar-refractivity contribution in [3.05, 3.63) is 33.9 Å². The molecule has 1 saturated heterocycles. The van der Waals surface area contributed by atoms with E-state index < -0.39 is 49.2 Å².